The number of imidazole rings is 1. The molecule has 2 rings (SSSR count). The van der Waals surface area contributed by atoms with Crippen molar-refractivity contribution >= 4 is 40.1 Å². The highest BCUT2D eigenvalue weighted by molar-refractivity contribution is 6.35. The lowest BCUT2D eigenvalue weighted by molar-refractivity contribution is -0.123. The van der Waals surface area contributed by atoms with Gasteiger partial charge in [-0.3, -0.25) is 4.79 Å². The first kappa shape index (κ1) is 13.2. The number of fused-ring (bicyclic) bond motifs is 1. The molecular formula is C12H13Cl2N3O. The lowest BCUT2D eigenvalue weighted by Crippen LogP contribution is -2.28. The molecule has 0 saturated heterocycles. The molecule has 0 aliphatic heterocycles. The van der Waals surface area contributed by atoms with Gasteiger partial charge in [0, 0.05) is 7.05 Å². The molecule has 18 heavy (non-hydrogen) atoms. The number of nitrogens with zero attached hydrogens (tertiary/aromatic N) is 2. The lowest BCUT2D eigenvalue weighted by atomic mass is 10.2. The molecular weight excluding hydrogens is 273 g/mol. The number of aromatic nitrogens is 2. The smallest absolute Gasteiger partial charge is 0.242 e. The number of halogens is 2. The largest absolute Gasteiger partial charge is 0.357 e. The summed E-state index contributed by atoms with van der Waals surface area (Å²) in [5, 5.41) is 3.18. The van der Waals surface area contributed by atoms with Crippen LogP contribution in [0.1, 0.15) is 18.8 Å². The Labute approximate surface area is 115 Å². The number of nitrogens with one attached hydrogen (secondary N) is 1. The van der Waals surface area contributed by atoms with Crippen LogP contribution in [0.3, 0.4) is 0 Å². The van der Waals surface area contributed by atoms with E-state index in [0.717, 1.165) is 5.52 Å². The number of hydrogen-bond donors (Lipinski definition) is 1. The molecule has 0 saturated carbocycles. The minimum absolute atomic E-state index is 0.0966. The van der Waals surface area contributed by atoms with E-state index in [1.54, 1.807) is 20.0 Å². The second-order valence-corrected chi connectivity index (χ2v) is 4.60. The van der Waals surface area contributed by atoms with Crippen LogP contribution < -0.4 is 5.32 Å². The van der Waals surface area contributed by atoms with E-state index in [4.69, 9.17) is 23.2 Å². The Kier molecular flexibility index (Phi) is 3.78. The van der Waals surface area contributed by atoms with Crippen LogP contribution in [0.5, 0.6) is 0 Å². The predicted molar refractivity (Wildman–Crippen MR) is 73.1 cm³/mol. The van der Waals surface area contributed by atoms with Crippen molar-refractivity contribution in [1.29, 1.82) is 0 Å². The van der Waals surface area contributed by atoms with Gasteiger partial charge >= 0.3 is 0 Å². The van der Waals surface area contributed by atoms with Gasteiger partial charge in [0.15, 0.2) is 0 Å². The minimum atomic E-state index is -0.382. The number of rotatable bonds is 3. The molecule has 2 aromatic rings. The molecule has 0 aliphatic carbocycles. The molecule has 0 fully saturated rings. The fourth-order valence-electron chi connectivity index (χ4n) is 1.98. The Hall–Kier alpha value is -1.26. The van der Waals surface area contributed by atoms with Crippen LogP contribution in [0.25, 0.3) is 11.0 Å². The first-order chi connectivity index (χ1) is 8.60. The van der Waals surface area contributed by atoms with Gasteiger partial charge < -0.3 is 9.88 Å². The summed E-state index contributed by atoms with van der Waals surface area (Å²) in [5.41, 5.74) is 1.49. The number of carbonyl (C=O) groups is 1. The molecule has 1 aromatic heterocycles. The molecule has 6 heteroatoms. The summed E-state index contributed by atoms with van der Waals surface area (Å²) in [4.78, 5) is 16.2. The van der Waals surface area contributed by atoms with Crippen molar-refractivity contribution in [3.8, 4) is 0 Å². The second-order valence-electron chi connectivity index (χ2n) is 3.93. The molecule has 1 unspecified atom stereocenters. The van der Waals surface area contributed by atoms with Crippen molar-refractivity contribution in [3.05, 3.63) is 29.0 Å². The molecule has 0 spiro atoms. The van der Waals surface area contributed by atoms with Gasteiger partial charge in [0.1, 0.15) is 17.4 Å². The maximum atomic E-state index is 11.8. The quantitative estimate of drug-likeness (QED) is 0.882. The molecule has 1 heterocycles. The first-order valence-corrected chi connectivity index (χ1v) is 6.44. The zero-order valence-corrected chi connectivity index (χ0v) is 11.6. The third-order valence-electron chi connectivity index (χ3n) is 2.88. The zero-order chi connectivity index (χ0) is 13.3. The Morgan fingerprint density at radius 2 is 2.28 bits per heavy atom. The third-order valence-corrected chi connectivity index (χ3v) is 3.42. The average Bonchev–Trinajstić information content (AvgIpc) is 2.76. The van der Waals surface area contributed by atoms with Gasteiger partial charge in [-0.2, -0.15) is 0 Å². The molecule has 4 nitrogen and oxygen atoms in total. The number of benzene rings is 1. The average molecular weight is 286 g/mol. The van der Waals surface area contributed by atoms with Gasteiger partial charge in [0.2, 0.25) is 5.91 Å². The van der Waals surface area contributed by atoms with Gasteiger partial charge in [-0.05, 0) is 19.1 Å². The first-order valence-electron chi connectivity index (χ1n) is 5.53. The van der Waals surface area contributed by atoms with Crippen LogP contribution in [-0.2, 0) is 10.7 Å². The number of likely N-dealkylation sites (N-methyl/N-ethyl adjacent to an activating group) is 1. The summed E-state index contributed by atoms with van der Waals surface area (Å²) in [6.07, 6.45) is 0. The van der Waals surface area contributed by atoms with E-state index in [9.17, 15) is 4.79 Å². The highest BCUT2D eigenvalue weighted by Crippen LogP contribution is 2.27. The van der Waals surface area contributed by atoms with Crippen LogP contribution in [0, 0.1) is 0 Å². The van der Waals surface area contributed by atoms with Crippen LogP contribution >= 0.6 is 23.2 Å². The molecule has 0 bridgehead atoms. The monoisotopic (exact) mass is 285 g/mol. The topological polar surface area (TPSA) is 46.9 Å². The summed E-state index contributed by atoms with van der Waals surface area (Å²) >= 11 is 12.0. The van der Waals surface area contributed by atoms with E-state index in [1.165, 1.54) is 0 Å². The van der Waals surface area contributed by atoms with Crippen LogP contribution in [0.4, 0.5) is 0 Å². The van der Waals surface area contributed by atoms with Gasteiger partial charge in [-0.1, -0.05) is 17.7 Å². The van der Waals surface area contributed by atoms with Crippen molar-refractivity contribution < 1.29 is 4.79 Å². The third kappa shape index (κ3) is 2.06. The maximum Gasteiger partial charge on any atom is 0.242 e. The summed E-state index contributed by atoms with van der Waals surface area (Å²) in [5.74, 6) is 0.767. The number of alkyl halides is 1. The van der Waals surface area contributed by atoms with Crippen molar-refractivity contribution in [2.45, 2.75) is 18.8 Å². The molecule has 1 N–H and O–H groups in total. The summed E-state index contributed by atoms with van der Waals surface area (Å²) in [7, 11) is 1.60. The normalized spacial score (nSPS) is 12.7. The molecule has 1 atom stereocenters. The Bertz CT molecular complexity index is 594. The van der Waals surface area contributed by atoms with Crippen molar-refractivity contribution in [1.82, 2.24) is 14.9 Å². The van der Waals surface area contributed by atoms with E-state index in [1.807, 2.05) is 16.7 Å². The number of para-hydroxylation sites is 1. The van der Waals surface area contributed by atoms with Crippen LogP contribution in [-0.4, -0.2) is 22.5 Å². The van der Waals surface area contributed by atoms with E-state index in [0.29, 0.717) is 16.4 Å². The standard InChI is InChI=1S/C12H13Cl2N3O/c1-7(12(18)15-2)17-9-5-3-4-8(14)11(9)16-10(17)6-13/h3-5,7H,6H2,1-2H3,(H,15,18). The number of amides is 1. The highest BCUT2D eigenvalue weighted by atomic mass is 35.5. The van der Waals surface area contributed by atoms with Crippen LogP contribution in [0.2, 0.25) is 5.02 Å². The molecule has 0 aliphatic rings. The zero-order valence-electron chi connectivity index (χ0n) is 10.1. The summed E-state index contributed by atoms with van der Waals surface area (Å²) < 4.78 is 1.81. The van der Waals surface area contributed by atoms with E-state index in [2.05, 4.69) is 10.3 Å². The van der Waals surface area contributed by atoms with Gasteiger partial charge in [0.25, 0.3) is 0 Å². The lowest BCUT2D eigenvalue weighted by Gasteiger charge is -2.15. The molecule has 1 aromatic carbocycles. The molecule has 96 valence electrons. The van der Waals surface area contributed by atoms with E-state index in [-0.39, 0.29) is 17.8 Å². The fourth-order valence-corrected chi connectivity index (χ4v) is 2.38. The Morgan fingerprint density at radius 3 is 2.89 bits per heavy atom. The minimum Gasteiger partial charge on any atom is -0.357 e. The van der Waals surface area contributed by atoms with E-state index < -0.39 is 0 Å². The maximum absolute atomic E-state index is 11.8. The summed E-state index contributed by atoms with van der Waals surface area (Å²) in [6, 6.07) is 5.09. The number of hydrogen-bond acceptors (Lipinski definition) is 2. The summed E-state index contributed by atoms with van der Waals surface area (Å²) in [6.45, 7) is 1.80. The van der Waals surface area contributed by atoms with Gasteiger partial charge in [-0.25, -0.2) is 4.98 Å². The molecule has 1 amide bonds. The van der Waals surface area contributed by atoms with Crippen molar-refractivity contribution in [2.24, 2.45) is 0 Å². The second kappa shape index (κ2) is 5.16. The molecule has 0 radical (unpaired) electrons. The van der Waals surface area contributed by atoms with Gasteiger partial charge in [0.05, 0.1) is 16.4 Å². The van der Waals surface area contributed by atoms with Crippen molar-refractivity contribution in [2.75, 3.05) is 7.05 Å². The Balaban J connectivity index is 2.68. The Morgan fingerprint density at radius 1 is 1.56 bits per heavy atom. The SMILES string of the molecule is CNC(=O)C(C)n1c(CCl)nc2c(Cl)cccc21. The number of carbonyl (C=O) groups excluding carboxylic acids is 1. The van der Waals surface area contributed by atoms with E-state index >= 15 is 0 Å². The highest BCUT2D eigenvalue weighted by Gasteiger charge is 2.20. The fraction of sp³-hybridized carbons (Fsp3) is 0.333. The van der Waals surface area contributed by atoms with Crippen LogP contribution in [0.15, 0.2) is 18.2 Å². The van der Waals surface area contributed by atoms with Crippen molar-refractivity contribution in [3.63, 3.8) is 0 Å². The predicted octanol–water partition coefficient (Wildman–Crippen LogP) is 2.74. The van der Waals surface area contributed by atoms with Gasteiger partial charge in [-0.15, -0.1) is 11.6 Å².